The average Bonchev–Trinajstić information content (AvgIpc) is 2.81. The molecule has 2 rings (SSSR count). The van der Waals surface area contributed by atoms with Crippen molar-refractivity contribution in [3.8, 4) is 0 Å². The summed E-state index contributed by atoms with van der Waals surface area (Å²) in [5, 5.41) is 35.3. The van der Waals surface area contributed by atoms with Crippen LogP contribution in [-0.4, -0.2) is 53.3 Å². The van der Waals surface area contributed by atoms with Crippen molar-refractivity contribution in [3.05, 3.63) is 64.5 Å². The van der Waals surface area contributed by atoms with E-state index in [1.54, 1.807) is 23.9 Å². The van der Waals surface area contributed by atoms with Crippen molar-refractivity contribution in [2.75, 3.05) is 19.4 Å². The van der Waals surface area contributed by atoms with Crippen molar-refractivity contribution in [2.24, 2.45) is 10.1 Å². The molecule has 0 heterocycles. The summed E-state index contributed by atoms with van der Waals surface area (Å²) in [5.74, 6) is 0.297. The Bertz CT molecular complexity index is 1010. The minimum atomic E-state index is -1.49. The Hall–Kier alpha value is -2.38. The van der Waals surface area contributed by atoms with Crippen molar-refractivity contribution in [2.45, 2.75) is 18.2 Å². The molecule has 0 spiro atoms. The maximum absolute atomic E-state index is 13.5. The number of benzene rings is 2. The smallest absolute Gasteiger partial charge is 0.423 e. The number of allylic oxidation sites excluding steroid dienone is 1. The lowest BCUT2D eigenvalue weighted by molar-refractivity contribution is 0.212. The fourth-order valence-corrected chi connectivity index (χ4v) is 3.81. The van der Waals surface area contributed by atoms with Crippen LogP contribution < -0.4 is 16.3 Å². The summed E-state index contributed by atoms with van der Waals surface area (Å²) >= 11 is 4.70. The molecule has 0 saturated carbocycles. The molecule has 0 aliphatic heterocycles. The molecule has 33 heavy (non-hydrogen) atoms. The largest absolute Gasteiger partial charge is 0.488 e. The number of halogens is 2. The normalized spacial score (nSPS) is 12.5. The summed E-state index contributed by atoms with van der Waals surface area (Å²) in [5.41, 5.74) is 3.71. The number of nitrogens with zero attached hydrogens (tertiary/aromatic N) is 2. The molecular weight excluding hydrogens is 514 g/mol. The Balaban J connectivity index is 2.12. The summed E-state index contributed by atoms with van der Waals surface area (Å²) in [7, 11) is -0.103. The third kappa shape index (κ3) is 8.48. The van der Waals surface area contributed by atoms with E-state index in [-0.39, 0.29) is 16.0 Å². The first kappa shape index (κ1) is 26.9. The lowest BCUT2D eigenvalue weighted by atomic mass is 9.81. The molecule has 0 unspecified atom stereocenters. The van der Waals surface area contributed by atoms with Gasteiger partial charge >= 0.3 is 7.12 Å². The van der Waals surface area contributed by atoms with Gasteiger partial charge in [0.05, 0.1) is 15.9 Å². The third-order valence-electron chi connectivity index (χ3n) is 4.18. The zero-order valence-corrected chi connectivity index (χ0v) is 20.5. The van der Waals surface area contributed by atoms with Crippen LogP contribution in [-0.2, 0) is 4.84 Å². The number of hydroxylamine groups is 1. The van der Waals surface area contributed by atoms with Gasteiger partial charge in [-0.25, -0.2) is 9.38 Å². The zero-order valence-electron chi connectivity index (χ0n) is 18.1. The van der Waals surface area contributed by atoms with E-state index >= 15 is 0 Å². The van der Waals surface area contributed by atoms with E-state index in [0.29, 0.717) is 35.6 Å². The van der Waals surface area contributed by atoms with Crippen molar-refractivity contribution in [3.63, 3.8) is 0 Å². The molecule has 8 nitrogen and oxygen atoms in total. The first-order valence-electron chi connectivity index (χ1n) is 9.98. The minimum Gasteiger partial charge on any atom is -0.423 e. The molecule has 0 saturated heterocycles. The van der Waals surface area contributed by atoms with Crippen LogP contribution in [0.3, 0.4) is 0 Å². The number of oxime groups is 1. The summed E-state index contributed by atoms with van der Waals surface area (Å²) in [6.45, 7) is 2.52. The van der Waals surface area contributed by atoms with Crippen molar-refractivity contribution >= 4 is 57.5 Å². The zero-order chi connectivity index (χ0) is 24.2. The van der Waals surface area contributed by atoms with E-state index in [9.17, 15) is 19.6 Å². The van der Waals surface area contributed by atoms with Crippen molar-refractivity contribution in [1.82, 2.24) is 10.8 Å². The van der Waals surface area contributed by atoms with Gasteiger partial charge in [0.25, 0.3) is 0 Å². The van der Waals surface area contributed by atoms with E-state index in [2.05, 4.69) is 31.4 Å². The summed E-state index contributed by atoms with van der Waals surface area (Å²) in [4.78, 5) is 10.3. The first-order valence-corrected chi connectivity index (χ1v) is 11.8. The number of nitrogens with one attached hydrogen (secondary N) is 2. The fraction of sp³-hybridized carbons (Fsp3) is 0.238. The molecule has 176 valence electrons. The Labute approximate surface area is 204 Å². The van der Waals surface area contributed by atoms with Crippen molar-refractivity contribution in [1.29, 1.82) is 0 Å². The summed E-state index contributed by atoms with van der Waals surface area (Å²) in [6, 6.07) is 11.2. The Morgan fingerprint density at radius 3 is 2.55 bits per heavy atom. The van der Waals surface area contributed by atoms with Crippen LogP contribution in [0, 0.1) is 5.82 Å². The number of aliphatic imine (C=N–C) groups is 1. The van der Waals surface area contributed by atoms with Gasteiger partial charge in [0.15, 0.2) is 11.5 Å². The van der Waals surface area contributed by atoms with Crippen LogP contribution in [0.25, 0.3) is 0 Å². The third-order valence-corrected chi connectivity index (χ3v) is 5.81. The van der Waals surface area contributed by atoms with Crippen LogP contribution in [0.5, 0.6) is 0 Å². The lowest BCUT2D eigenvalue weighted by Crippen LogP contribution is -2.35. The molecule has 2 aromatic rings. The maximum atomic E-state index is 13.5. The van der Waals surface area contributed by atoms with Crippen LogP contribution in [0.15, 0.2) is 73.8 Å². The topological polar surface area (TPSA) is 119 Å². The van der Waals surface area contributed by atoms with E-state index in [0.717, 1.165) is 4.90 Å². The van der Waals surface area contributed by atoms with Gasteiger partial charge in [-0.05, 0) is 58.1 Å². The average molecular weight is 539 g/mol. The molecule has 0 amide bonds. The maximum Gasteiger partial charge on any atom is 0.488 e. The van der Waals surface area contributed by atoms with E-state index in [4.69, 9.17) is 4.84 Å². The Kier molecular flexibility index (Phi) is 11.4. The fourth-order valence-electron chi connectivity index (χ4n) is 2.67. The highest BCUT2D eigenvalue weighted by molar-refractivity contribution is 9.10. The quantitative estimate of drug-likeness (QED) is 0.0745. The van der Waals surface area contributed by atoms with Crippen LogP contribution in [0.4, 0.5) is 10.1 Å². The number of hydrogen-bond donors (Lipinski definition) is 5. The molecule has 0 atom stereocenters. The van der Waals surface area contributed by atoms with Crippen molar-refractivity contribution < 1.29 is 24.5 Å². The second kappa shape index (κ2) is 14.0. The molecule has 5 N–H and O–H groups in total. The Morgan fingerprint density at radius 1 is 1.24 bits per heavy atom. The number of rotatable bonds is 11. The number of amidine groups is 1. The molecule has 0 fully saturated rings. The second-order valence-corrected chi connectivity index (χ2v) is 8.56. The highest BCUT2D eigenvalue weighted by Gasteiger charge is 2.16. The minimum absolute atomic E-state index is 0.0216. The van der Waals surface area contributed by atoms with Crippen LogP contribution in [0.2, 0.25) is 0 Å². The first-order chi connectivity index (χ1) is 15.9. The molecule has 0 aliphatic rings. The molecule has 0 bridgehead atoms. The standard InChI is InChI=1S/C21H25BBrFN4O4S/c1-3-4-19(25-11-12-33-16-8-5-14(6-9-16)22(29)30)20(28-32-2)21(27-31)26-15-7-10-18(24)17(23)13-15/h4-10,13,25,29-31H,3,11-12H2,1-2H3,(H,26,27)/b19-4-,28-20+. The van der Waals surface area contributed by atoms with Gasteiger partial charge in [0.1, 0.15) is 12.9 Å². The van der Waals surface area contributed by atoms with Gasteiger partial charge in [-0.2, -0.15) is 0 Å². The highest BCUT2D eigenvalue weighted by atomic mass is 79.9. The van der Waals surface area contributed by atoms with E-state index < -0.39 is 12.9 Å². The molecule has 12 heteroatoms. The highest BCUT2D eigenvalue weighted by Crippen LogP contribution is 2.22. The number of hydrogen-bond acceptors (Lipinski definition) is 8. The van der Waals surface area contributed by atoms with Crippen LogP contribution >= 0.6 is 27.7 Å². The van der Waals surface area contributed by atoms with Gasteiger partial charge in [0.2, 0.25) is 0 Å². The molecule has 0 aliphatic carbocycles. The number of thioether (sulfide) groups is 1. The van der Waals surface area contributed by atoms with E-state index in [1.165, 1.54) is 25.3 Å². The Morgan fingerprint density at radius 2 is 1.97 bits per heavy atom. The van der Waals surface area contributed by atoms with E-state index in [1.807, 2.05) is 30.6 Å². The SMILES string of the molecule is CC/C=C(NCCSc1ccc(B(O)O)cc1)/C(=N\OC)C(=Nc1ccc(F)c(Br)c1)NO. The van der Waals surface area contributed by atoms with Crippen LogP contribution in [0.1, 0.15) is 13.3 Å². The molecule has 0 aromatic heterocycles. The molecule has 2 aromatic carbocycles. The predicted octanol–water partition coefficient (Wildman–Crippen LogP) is 2.96. The second-order valence-electron chi connectivity index (χ2n) is 6.54. The van der Waals surface area contributed by atoms with Gasteiger partial charge in [-0.1, -0.05) is 30.3 Å². The van der Waals surface area contributed by atoms with Gasteiger partial charge < -0.3 is 20.2 Å². The van der Waals surface area contributed by atoms with Gasteiger partial charge in [-0.15, -0.1) is 11.8 Å². The summed E-state index contributed by atoms with van der Waals surface area (Å²) in [6.07, 6.45) is 2.57. The summed E-state index contributed by atoms with van der Waals surface area (Å²) < 4.78 is 13.8. The predicted molar refractivity (Wildman–Crippen MR) is 134 cm³/mol. The lowest BCUT2D eigenvalue weighted by Gasteiger charge is -2.14. The van der Waals surface area contributed by atoms with Gasteiger partial charge in [-0.3, -0.25) is 10.7 Å². The van der Waals surface area contributed by atoms with Gasteiger partial charge in [0, 0.05) is 17.2 Å². The molecule has 0 radical (unpaired) electrons. The molecular formula is C21H25BBrFN4O4S. The monoisotopic (exact) mass is 538 g/mol.